The Kier molecular flexibility index (Phi) is 6.44. The van der Waals surface area contributed by atoms with Crippen LogP contribution in [0.3, 0.4) is 0 Å². The quantitative estimate of drug-likeness (QED) is 0.193. The Morgan fingerprint density at radius 2 is 0.953 bits per heavy atom. The van der Waals surface area contributed by atoms with Crippen molar-refractivity contribution >= 4 is 70.9 Å². The van der Waals surface area contributed by atoms with Crippen molar-refractivity contribution < 1.29 is 0 Å². The van der Waals surface area contributed by atoms with Crippen LogP contribution in [-0.4, -0.2) is 0 Å². The molecule has 0 bridgehead atoms. The Morgan fingerprint density at radius 3 is 1.60 bits per heavy atom. The van der Waals surface area contributed by atoms with Gasteiger partial charge in [0.15, 0.2) is 0 Å². The second-order valence-electron chi connectivity index (χ2n) is 10.8. The second-order valence-corrected chi connectivity index (χ2v) is 12.3. The van der Waals surface area contributed by atoms with Crippen LogP contribution < -0.4 is 4.90 Å². The predicted molar refractivity (Wildman–Crippen MR) is 187 cm³/mol. The number of rotatable bonds is 5. The Bertz CT molecular complexity index is 2220. The van der Waals surface area contributed by atoms with E-state index in [4.69, 9.17) is 11.6 Å². The average molecular weight is 588 g/mol. The van der Waals surface area contributed by atoms with E-state index >= 15 is 0 Å². The number of para-hydroxylation sites is 1. The van der Waals surface area contributed by atoms with Gasteiger partial charge < -0.3 is 4.90 Å². The number of nitrogens with zero attached hydrogens (tertiary/aromatic N) is 1. The number of thiophene rings is 1. The minimum Gasteiger partial charge on any atom is -0.310 e. The van der Waals surface area contributed by atoms with Crippen molar-refractivity contribution in [1.29, 1.82) is 0 Å². The molecule has 0 aliphatic heterocycles. The molecule has 1 nitrogen and oxygen atoms in total. The van der Waals surface area contributed by atoms with Crippen LogP contribution in [-0.2, 0) is 0 Å². The number of anilines is 3. The molecular formula is C40H26ClNS. The smallest absolute Gasteiger partial charge is 0.0569 e. The number of benzene rings is 7. The highest BCUT2D eigenvalue weighted by Gasteiger charge is 2.20. The molecule has 0 spiro atoms. The van der Waals surface area contributed by atoms with E-state index in [-0.39, 0.29) is 0 Å². The number of hydrogen-bond donors (Lipinski definition) is 0. The van der Waals surface area contributed by atoms with Gasteiger partial charge in [0.2, 0.25) is 0 Å². The first-order valence-electron chi connectivity index (χ1n) is 14.4. The molecule has 0 aliphatic carbocycles. The van der Waals surface area contributed by atoms with Gasteiger partial charge in [0.1, 0.15) is 0 Å². The Balaban J connectivity index is 1.26. The molecule has 0 saturated carbocycles. The van der Waals surface area contributed by atoms with Crippen molar-refractivity contribution in [1.82, 2.24) is 0 Å². The lowest BCUT2D eigenvalue weighted by Gasteiger charge is -2.27. The fraction of sp³-hybridized carbons (Fsp3) is 0. The van der Waals surface area contributed by atoms with E-state index in [0.29, 0.717) is 0 Å². The van der Waals surface area contributed by atoms with E-state index in [9.17, 15) is 0 Å². The maximum Gasteiger partial charge on any atom is 0.0569 e. The molecule has 0 unspecified atom stereocenters. The molecule has 0 saturated heterocycles. The lowest BCUT2D eigenvalue weighted by molar-refractivity contribution is 1.30. The molecule has 8 rings (SSSR count). The largest absolute Gasteiger partial charge is 0.310 e. The molecule has 1 aromatic heterocycles. The summed E-state index contributed by atoms with van der Waals surface area (Å²) in [5.74, 6) is 0. The SMILES string of the molecule is Clc1cc(N(c2ccccc2)c2ccc(-c3ccc(-c4ccccc4)cc3)cc2)c2c(c1)sc1cc3ccccc3cc12. The van der Waals surface area contributed by atoms with Gasteiger partial charge in [-0.2, -0.15) is 0 Å². The summed E-state index contributed by atoms with van der Waals surface area (Å²) in [6.07, 6.45) is 0. The van der Waals surface area contributed by atoms with Crippen molar-refractivity contribution in [2.45, 2.75) is 0 Å². The maximum absolute atomic E-state index is 6.82. The molecule has 0 radical (unpaired) electrons. The summed E-state index contributed by atoms with van der Waals surface area (Å²) in [7, 11) is 0. The number of fused-ring (bicyclic) bond motifs is 4. The minimum atomic E-state index is 0.731. The van der Waals surface area contributed by atoms with Crippen LogP contribution in [0.4, 0.5) is 17.1 Å². The van der Waals surface area contributed by atoms with Crippen LogP contribution in [0.25, 0.3) is 53.2 Å². The van der Waals surface area contributed by atoms with Gasteiger partial charge in [0.25, 0.3) is 0 Å². The number of halogens is 1. The van der Waals surface area contributed by atoms with Crippen LogP contribution in [0, 0.1) is 0 Å². The summed E-state index contributed by atoms with van der Waals surface area (Å²) in [6.45, 7) is 0. The lowest BCUT2D eigenvalue weighted by atomic mass is 10.00. The first-order chi connectivity index (χ1) is 21.2. The van der Waals surface area contributed by atoms with Gasteiger partial charge in [0, 0.05) is 36.6 Å². The molecule has 43 heavy (non-hydrogen) atoms. The third kappa shape index (κ3) is 4.75. The van der Waals surface area contributed by atoms with E-state index in [1.54, 1.807) is 11.3 Å². The van der Waals surface area contributed by atoms with Crippen molar-refractivity contribution in [2.75, 3.05) is 4.90 Å². The molecule has 0 aliphatic rings. The van der Waals surface area contributed by atoms with Crippen molar-refractivity contribution in [3.05, 3.63) is 163 Å². The van der Waals surface area contributed by atoms with Gasteiger partial charge in [0.05, 0.1) is 5.69 Å². The maximum atomic E-state index is 6.82. The first-order valence-corrected chi connectivity index (χ1v) is 15.6. The molecule has 3 heteroatoms. The van der Waals surface area contributed by atoms with Gasteiger partial charge in [-0.3, -0.25) is 0 Å². The van der Waals surface area contributed by atoms with Crippen LogP contribution in [0.15, 0.2) is 158 Å². The minimum absolute atomic E-state index is 0.731. The summed E-state index contributed by atoms with van der Waals surface area (Å²) in [6, 6.07) is 56.1. The predicted octanol–water partition coefficient (Wildman–Crippen LogP) is 12.7. The second kappa shape index (κ2) is 10.7. The van der Waals surface area contributed by atoms with E-state index in [0.717, 1.165) is 22.1 Å². The molecule has 204 valence electrons. The monoisotopic (exact) mass is 587 g/mol. The average Bonchev–Trinajstić information content (AvgIpc) is 3.42. The van der Waals surface area contributed by atoms with E-state index in [1.807, 2.05) is 0 Å². The zero-order valence-corrected chi connectivity index (χ0v) is 24.8. The van der Waals surface area contributed by atoms with Gasteiger partial charge in [-0.25, -0.2) is 0 Å². The molecular weight excluding hydrogens is 562 g/mol. The molecule has 0 amide bonds. The molecule has 7 aromatic carbocycles. The summed E-state index contributed by atoms with van der Waals surface area (Å²) < 4.78 is 2.45. The zero-order chi connectivity index (χ0) is 28.8. The fourth-order valence-corrected chi connectivity index (χ4v) is 7.48. The lowest BCUT2D eigenvalue weighted by Crippen LogP contribution is -2.10. The third-order valence-electron chi connectivity index (χ3n) is 8.09. The van der Waals surface area contributed by atoms with Gasteiger partial charge in [-0.1, -0.05) is 121 Å². The highest BCUT2D eigenvalue weighted by atomic mass is 35.5. The van der Waals surface area contributed by atoms with Gasteiger partial charge >= 0.3 is 0 Å². The van der Waals surface area contributed by atoms with E-state index in [1.165, 1.54) is 53.2 Å². The fourth-order valence-electron chi connectivity index (χ4n) is 6.01. The highest BCUT2D eigenvalue weighted by molar-refractivity contribution is 7.26. The summed E-state index contributed by atoms with van der Waals surface area (Å²) in [5, 5.41) is 5.70. The van der Waals surface area contributed by atoms with E-state index in [2.05, 4.69) is 163 Å². The first kappa shape index (κ1) is 25.8. The molecule has 0 fully saturated rings. The van der Waals surface area contributed by atoms with Crippen LogP contribution in [0.1, 0.15) is 0 Å². The van der Waals surface area contributed by atoms with Crippen LogP contribution in [0.5, 0.6) is 0 Å². The normalized spacial score (nSPS) is 11.4. The van der Waals surface area contributed by atoms with Gasteiger partial charge in [-0.15, -0.1) is 11.3 Å². The Hall–Kier alpha value is -4.89. The van der Waals surface area contributed by atoms with Crippen molar-refractivity contribution in [2.24, 2.45) is 0 Å². The Labute approximate surface area is 259 Å². The third-order valence-corrected chi connectivity index (χ3v) is 9.41. The van der Waals surface area contributed by atoms with Crippen LogP contribution >= 0.6 is 22.9 Å². The molecule has 8 aromatic rings. The van der Waals surface area contributed by atoms with Gasteiger partial charge in [-0.05, 0) is 81.6 Å². The molecule has 0 N–H and O–H groups in total. The van der Waals surface area contributed by atoms with Crippen molar-refractivity contribution in [3.8, 4) is 22.3 Å². The number of hydrogen-bond acceptors (Lipinski definition) is 2. The van der Waals surface area contributed by atoms with Crippen LogP contribution in [0.2, 0.25) is 5.02 Å². The summed E-state index contributed by atoms with van der Waals surface area (Å²) in [5.41, 5.74) is 8.07. The summed E-state index contributed by atoms with van der Waals surface area (Å²) in [4.78, 5) is 2.33. The topological polar surface area (TPSA) is 3.24 Å². The zero-order valence-electron chi connectivity index (χ0n) is 23.2. The highest BCUT2D eigenvalue weighted by Crippen LogP contribution is 2.47. The molecule has 0 atom stereocenters. The van der Waals surface area contributed by atoms with E-state index < -0.39 is 0 Å². The standard InChI is InChI=1S/C40H26ClNS/c41-33-25-37(40-36-23-31-11-7-8-12-32(31)24-38(36)43-39(40)26-33)42(34-13-5-2-6-14-34)35-21-19-30(20-22-35)29-17-15-28(16-18-29)27-9-3-1-4-10-27/h1-26H. The Morgan fingerprint density at radius 1 is 0.442 bits per heavy atom. The summed E-state index contributed by atoms with van der Waals surface area (Å²) >= 11 is 8.62. The van der Waals surface area contributed by atoms with Crippen molar-refractivity contribution in [3.63, 3.8) is 0 Å². The molecule has 1 heterocycles.